The van der Waals surface area contributed by atoms with Gasteiger partial charge >= 0.3 is 0 Å². The number of hydrogen-bond acceptors (Lipinski definition) is 19. The second-order valence-corrected chi connectivity index (χ2v) is 19.8. The number of nitrogens with zero attached hydrogens (tertiary/aromatic N) is 18. The Hall–Kier alpha value is -6.10. The normalized spacial score (nSPS) is 10.6. The molecule has 0 amide bonds. The van der Waals surface area contributed by atoms with Crippen molar-refractivity contribution < 1.29 is 8.94 Å². The van der Waals surface area contributed by atoms with Gasteiger partial charge in [-0.1, -0.05) is 127 Å². The number of tetrazole rings is 1. The second-order valence-electron chi connectivity index (χ2n) is 17.8. The van der Waals surface area contributed by atoms with Crippen LogP contribution >= 0.6 is 22.7 Å². The molecule has 0 spiro atoms. The third-order valence-electron chi connectivity index (χ3n) is 8.59. The molecule has 382 valence electrons. The molecule has 8 heterocycles. The summed E-state index contributed by atoms with van der Waals surface area (Å²) in [7, 11) is 7.50. The molecule has 0 radical (unpaired) electrons. The average Bonchev–Trinajstić information content (AvgIpc) is 4.13. The summed E-state index contributed by atoms with van der Waals surface area (Å²) in [6, 6.07) is 1.88. The number of aromatic nitrogens is 18. The van der Waals surface area contributed by atoms with Gasteiger partial charge in [0.2, 0.25) is 5.13 Å². The maximum Gasteiger partial charge on any atom is 0.203 e. The van der Waals surface area contributed by atoms with Gasteiger partial charge in [0.25, 0.3) is 0 Å². The van der Waals surface area contributed by atoms with Crippen molar-refractivity contribution in [1.29, 1.82) is 0 Å². The fraction of sp³-hybridized carbons (Fsp3) is 0.609. The fourth-order valence-corrected chi connectivity index (χ4v) is 6.10. The van der Waals surface area contributed by atoms with Crippen molar-refractivity contribution in [3.05, 3.63) is 100 Å². The lowest BCUT2D eigenvalue weighted by Gasteiger charge is -2.00. The first-order valence-corrected chi connectivity index (χ1v) is 24.7. The van der Waals surface area contributed by atoms with Crippen molar-refractivity contribution in [3.63, 3.8) is 0 Å². The summed E-state index contributed by atoms with van der Waals surface area (Å²) in [5.74, 6) is 8.28. The highest BCUT2D eigenvalue weighted by atomic mass is 32.1. The third kappa shape index (κ3) is 25.2. The predicted molar refractivity (Wildman–Crippen MR) is 274 cm³/mol. The first-order valence-electron chi connectivity index (χ1n) is 23.0. The number of rotatable bonds is 8. The van der Waals surface area contributed by atoms with Gasteiger partial charge < -0.3 is 19.2 Å². The lowest BCUT2D eigenvalue weighted by atomic mass is 10.1. The van der Waals surface area contributed by atoms with Crippen molar-refractivity contribution in [2.75, 3.05) is 5.73 Å². The van der Waals surface area contributed by atoms with Gasteiger partial charge in [0.05, 0.1) is 23.9 Å². The van der Waals surface area contributed by atoms with Crippen LogP contribution in [0.5, 0.6) is 0 Å². The Morgan fingerprint density at radius 1 is 0.580 bits per heavy atom. The molecule has 8 aromatic rings. The van der Waals surface area contributed by atoms with Crippen LogP contribution in [0.15, 0.2) is 64.3 Å². The van der Waals surface area contributed by atoms with Gasteiger partial charge in [0, 0.05) is 80.2 Å². The summed E-state index contributed by atoms with van der Waals surface area (Å²) in [4.78, 5) is 17.7. The monoisotopic (exact) mass is 994 g/mol. The summed E-state index contributed by atoms with van der Waals surface area (Å²) >= 11 is 3.17. The van der Waals surface area contributed by atoms with E-state index in [0.717, 1.165) is 39.9 Å². The van der Waals surface area contributed by atoms with Crippen LogP contribution in [0.2, 0.25) is 0 Å². The lowest BCUT2D eigenvalue weighted by Crippen LogP contribution is -2.00. The van der Waals surface area contributed by atoms with Crippen molar-refractivity contribution in [2.24, 2.45) is 28.2 Å². The molecule has 0 saturated carbocycles. The number of nitrogen functional groups attached to an aromatic ring is 1. The van der Waals surface area contributed by atoms with E-state index in [9.17, 15) is 0 Å². The van der Waals surface area contributed by atoms with E-state index < -0.39 is 0 Å². The number of anilines is 1. The number of aryl methyl sites for hydroxylation is 4. The molecular formula is C46H79N19O2S2. The van der Waals surface area contributed by atoms with Crippen molar-refractivity contribution >= 4 is 27.8 Å². The van der Waals surface area contributed by atoms with Crippen LogP contribution in [0.25, 0.3) is 0 Å². The van der Waals surface area contributed by atoms with Gasteiger partial charge in [-0.25, -0.2) is 19.9 Å². The zero-order chi connectivity index (χ0) is 52.2. The standard InChI is InChI=1S/3C6H11N3.2C6H9NO.C6H9NS.C5H10N4.C5H9N3S/c1-5(2)6-8-7-4-9(6)3;1-5(2)6-7-4-9(3)8-6;1-5(2)6-7-4-8-9(6)3;1-5(2)6-7-3-4-8-6;1-5(2)6-3-4-8-7-6;1-5(2)6-7-3-4-8-6;1-4(2)5-6-8-9(3)7-5;1-3(2)4-7-8-5(6)9-4/h3*4-5H,1-3H3;3*3-5H,1-2H3;4H,1-3H3;3H,1-2H3,(H2,6,8). The molecule has 8 rings (SSSR count). The zero-order valence-corrected chi connectivity index (χ0v) is 46.2. The summed E-state index contributed by atoms with van der Waals surface area (Å²) in [5.41, 5.74) is 6.38. The molecule has 0 saturated heterocycles. The van der Waals surface area contributed by atoms with Gasteiger partial charge in [0.1, 0.15) is 48.2 Å². The van der Waals surface area contributed by atoms with E-state index >= 15 is 0 Å². The molecule has 8 aromatic heterocycles. The van der Waals surface area contributed by atoms with E-state index in [1.54, 1.807) is 65.5 Å². The fourth-order valence-electron chi connectivity index (χ4n) is 4.83. The highest BCUT2D eigenvalue weighted by Crippen LogP contribution is 2.19. The Kier molecular flexibility index (Phi) is 28.8. The average molecular weight is 994 g/mol. The highest BCUT2D eigenvalue weighted by Gasteiger charge is 2.07. The quantitative estimate of drug-likeness (QED) is 0.148. The molecule has 21 nitrogen and oxygen atoms in total. The van der Waals surface area contributed by atoms with Gasteiger partial charge in [-0.15, -0.1) is 41.9 Å². The van der Waals surface area contributed by atoms with E-state index in [0.29, 0.717) is 52.5 Å². The minimum absolute atomic E-state index is 0.374. The molecule has 0 aliphatic rings. The molecule has 23 heteroatoms. The van der Waals surface area contributed by atoms with Crippen LogP contribution in [0, 0.1) is 0 Å². The third-order valence-corrected chi connectivity index (χ3v) is 10.7. The topological polar surface area (TPSA) is 252 Å². The number of oxazole rings is 1. The van der Waals surface area contributed by atoms with Crippen LogP contribution in [0.1, 0.15) is 203 Å². The minimum Gasteiger partial charge on any atom is -0.449 e. The molecule has 0 aromatic carbocycles. The van der Waals surface area contributed by atoms with Crippen LogP contribution < -0.4 is 5.73 Å². The molecule has 0 bridgehead atoms. The van der Waals surface area contributed by atoms with Crippen LogP contribution in [0.3, 0.4) is 0 Å². The number of thiazole rings is 1. The first-order chi connectivity index (χ1) is 32.4. The predicted octanol–water partition coefficient (Wildman–Crippen LogP) is 10.3. The Morgan fingerprint density at radius 3 is 1.46 bits per heavy atom. The van der Waals surface area contributed by atoms with Crippen LogP contribution in [-0.4, -0.2) is 89.8 Å². The van der Waals surface area contributed by atoms with E-state index in [4.69, 9.17) is 10.2 Å². The summed E-state index contributed by atoms with van der Waals surface area (Å²) in [6.07, 6.45) is 11.7. The molecule has 0 aliphatic heterocycles. The number of nitrogens with two attached hydrogens (primary N) is 1. The van der Waals surface area contributed by atoms with Crippen LogP contribution in [-0.2, 0) is 28.2 Å². The van der Waals surface area contributed by atoms with Crippen molar-refractivity contribution in [3.8, 4) is 0 Å². The Balaban J connectivity index is 0.000000394. The van der Waals surface area contributed by atoms with Gasteiger partial charge in [0.15, 0.2) is 17.5 Å². The van der Waals surface area contributed by atoms with Crippen LogP contribution in [0.4, 0.5) is 5.13 Å². The highest BCUT2D eigenvalue weighted by molar-refractivity contribution is 7.15. The SMILES string of the molecule is CC(C)c1ccon1.CC(C)c1ncco1.CC(C)c1nccs1.CC(C)c1ncn(C)n1.CC(C)c1ncnn1C.CC(C)c1nnc(N)s1.CC(C)c1nncn1C.CC(C)c1nnn(C)n1. The molecule has 2 N–H and O–H groups in total. The van der Waals surface area contributed by atoms with E-state index in [2.05, 4.69) is 159 Å². The van der Waals surface area contributed by atoms with E-state index in [1.165, 1.54) is 21.1 Å². The molecule has 0 aliphatic carbocycles. The summed E-state index contributed by atoms with van der Waals surface area (Å²) in [6.45, 7) is 33.3. The largest absolute Gasteiger partial charge is 0.449 e. The Labute approximate surface area is 417 Å². The summed E-state index contributed by atoms with van der Waals surface area (Å²) < 4.78 is 15.1. The van der Waals surface area contributed by atoms with Gasteiger partial charge in [-0.2, -0.15) is 15.0 Å². The zero-order valence-electron chi connectivity index (χ0n) is 44.6. The molecule has 0 atom stereocenters. The number of hydrogen-bond donors (Lipinski definition) is 1. The Bertz CT molecular complexity index is 2160. The lowest BCUT2D eigenvalue weighted by molar-refractivity contribution is 0.408. The first kappa shape index (κ1) is 60.9. The molecule has 0 fully saturated rings. The van der Waals surface area contributed by atoms with E-state index in [1.807, 2.05) is 71.0 Å². The maximum atomic E-state index is 5.36. The second kappa shape index (κ2) is 32.6. The van der Waals surface area contributed by atoms with Crippen molar-refractivity contribution in [2.45, 2.75) is 158 Å². The molecular weight excluding hydrogens is 915 g/mol. The molecule has 69 heavy (non-hydrogen) atoms. The maximum absolute atomic E-state index is 5.36. The van der Waals surface area contributed by atoms with E-state index in [-0.39, 0.29) is 0 Å². The van der Waals surface area contributed by atoms with Crippen molar-refractivity contribution in [1.82, 2.24) is 89.8 Å². The van der Waals surface area contributed by atoms with Gasteiger partial charge in [-0.3, -0.25) is 9.36 Å². The Morgan fingerprint density at radius 2 is 1.23 bits per heavy atom. The summed E-state index contributed by atoms with van der Waals surface area (Å²) in [5, 5.41) is 43.3. The molecule has 0 unspecified atom stereocenters. The minimum atomic E-state index is 0.374. The smallest absolute Gasteiger partial charge is 0.203 e. The van der Waals surface area contributed by atoms with Gasteiger partial charge in [-0.05, 0) is 11.1 Å².